The molecule has 0 saturated heterocycles. The fourth-order valence-electron chi connectivity index (χ4n) is 1.46. The zero-order valence-corrected chi connectivity index (χ0v) is 11.6. The van der Waals surface area contributed by atoms with Gasteiger partial charge in [-0.2, -0.15) is 5.26 Å². The molecule has 0 aliphatic rings. The number of sulfonamides is 1. The van der Waals surface area contributed by atoms with Gasteiger partial charge in [0.15, 0.2) is 0 Å². The first-order valence-electron chi connectivity index (χ1n) is 5.21. The van der Waals surface area contributed by atoms with Gasteiger partial charge in [-0.25, -0.2) is 8.42 Å². The summed E-state index contributed by atoms with van der Waals surface area (Å²) in [5.74, 6) is 0.305. The monoisotopic (exact) mass is 294 g/mol. The van der Waals surface area contributed by atoms with Gasteiger partial charge in [-0.3, -0.25) is 4.72 Å². The Kier molecular flexibility index (Phi) is 3.74. The van der Waals surface area contributed by atoms with Gasteiger partial charge in [0.1, 0.15) is 9.96 Å². The molecular weight excluding hydrogens is 284 g/mol. The molecule has 0 fully saturated rings. The summed E-state index contributed by atoms with van der Waals surface area (Å²) < 4.78 is 31.9. The smallest absolute Gasteiger partial charge is 0.271 e. The van der Waals surface area contributed by atoms with Crippen LogP contribution in [0.3, 0.4) is 0 Å². The summed E-state index contributed by atoms with van der Waals surface area (Å²) in [6.07, 6.45) is 0. The van der Waals surface area contributed by atoms with Crippen LogP contribution >= 0.6 is 11.3 Å². The zero-order valence-electron chi connectivity index (χ0n) is 9.95. The first-order chi connectivity index (χ1) is 9.06. The maximum absolute atomic E-state index is 12.1. The summed E-state index contributed by atoms with van der Waals surface area (Å²) in [5.41, 5.74) is 0.700. The van der Waals surface area contributed by atoms with Crippen LogP contribution in [0, 0.1) is 11.3 Å². The summed E-state index contributed by atoms with van der Waals surface area (Å²) in [5, 5.41) is 10.5. The number of hydrogen-bond donors (Lipinski definition) is 1. The number of hydrogen-bond acceptors (Lipinski definition) is 5. The molecule has 2 rings (SSSR count). The molecule has 0 amide bonds. The van der Waals surface area contributed by atoms with Crippen molar-refractivity contribution in [3.8, 4) is 11.8 Å². The van der Waals surface area contributed by atoms with Crippen LogP contribution in [0.2, 0.25) is 0 Å². The predicted molar refractivity (Wildman–Crippen MR) is 72.8 cm³/mol. The lowest BCUT2D eigenvalue weighted by Crippen LogP contribution is -2.12. The summed E-state index contributed by atoms with van der Waals surface area (Å²) >= 11 is 1.13. The van der Waals surface area contributed by atoms with Crippen molar-refractivity contribution in [1.82, 2.24) is 0 Å². The molecule has 1 heterocycles. The van der Waals surface area contributed by atoms with Crippen molar-refractivity contribution in [2.24, 2.45) is 0 Å². The second-order valence-corrected chi connectivity index (χ2v) is 6.42. The lowest BCUT2D eigenvalue weighted by atomic mass is 10.2. The standard InChI is InChI=1S/C12H10N2O3S2/c1-17-11-7-9(8-13)4-5-10(11)14-19(15,16)12-3-2-6-18-12/h2-7,14H,1H3. The van der Waals surface area contributed by atoms with E-state index in [2.05, 4.69) is 4.72 Å². The molecule has 98 valence electrons. The summed E-state index contributed by atoms with van der Waals surface area (Å²) in [7, 11) is -2.20. The van der Waals surface area contributed by atoms with Gasteiger partial charge in [0.05, 0.1) is 24.4 Å². The molecule has 5 nitrogen and oxygen atoms in total. The van der Waals surface area contributed by atoms with Crippen LogP contribution < -0.4 is 9.46 Å². The number of nitriles is 1. The molecular formula is C12H10N2O3S2. The minimum Gasteiger partial charge on any atom is -0.495 e. The second kappa shape index (κ2) is 5.30. The molecule has 19 heavy (non-hydrogen) atoms. The van der Waals surface area contributed by atoms with Crippen LogP contribution in [-0.2, 0) is 10.0 Å². The maximum Gasteiger partial charge on any atom is 0.271 e. The van der Waals surface area contributed by atoms with Crippen molar-refractivity contribution in [2.45, 2.75) is 4.21 Å². The fourth-order valence-corrected chi connectivity index (χ4v) is 3.52. The van der Waals surface area contributed by atoms with Gasteiger partial charge in [0.25, 0.3) is 10.0 Å². The first kappa shape index (κ1) is 13.4. The van der Waals surface area contributed by atoms with Gasteiger partial charge in [-0.1, -0.05) is 6.07 Å². The van der Waals surface area contributed by atoms with Crippen LogP contribution in [0.5, 0.6) is 5.75 Å². The highest BCUT2D eigenvalue weighted by Crippen LogP contribution is 2.28. The van der Waals surface area contributed by atoms with Gasteiger partial charge in [-0.05, 0) is 23.6 Å². The van der Waals surface area contributed by atoms with Gasteiger partial charge < -0.3 is 4.74 Å². The Bertz CT molecular complexity index is 716. The molecule has 2 aromatic rings. The molecule has 0 bridgehead atoms. The van der Waals surface area contributed by atoms with Crippen LogP contribution in [0.1, 0.15) is 5.56 Å². The summed E-state index contributed by atoms with van der Waals surface area (Å²) in [6, 6.07) is 9.65. The minimum absolute atomic E-state index is 0.221. The molecule has 0 atom stereocenters. The third-order valence-corrected chi connectivity index (χ3v) is 5.10. The van der Waals surface area contributed by atoms with Gasteiger partial charge >= 0.3 is 0 Å². The number of methoxy groups -OCH3 is 1. The quantitative estimate of drug-likeness (QED) is 0.939. The second-order valence-electron chi connectivity index (χ2n) is 3.56. The number of nitrogens with one attached hydrogen (secondary N) is 1. The Morgan fingerprint density at radius 1 is 1.37 bits per heavy atom. The average molecular weight is 294 g/mol. The number of rotatable bonds is 4. The van der Waals surface area contributed by atoms with Crippen molar-refractivity contribution in [2.75, 3.05) is 11.8 Å². The van der Waals surface area contributed by atoms with Crippen molar-refractivity contribution in [1.29, 1.82) is 5.26 Å². The third-order valence-electron chi connectivity index (χ3n) is 2.33. The SMILES string of the molecule is COc1cc(C#N)ccc1NS(=O)(=O)c1cccs1. The van der Waals surface area contributed by atoms with Crippen molar-refractivity contribution < 1.29 is 13.2 Å². The van der Waals surface area contributed by atoms with Crippen LogP contribution in [0.25, 0.3) is 0 Å². The Balaban J connectivity index is 2.37. The molecule has 1 aromatic heterocycles. The van der Waals surface area contributed by atoms with Crippen molar-refractivity contribution in [3.05, 3.63) is 41.3 Å². The van der Waals surface area contributed by atoms with E-state index in [4.69, 9.17) is 10.00 Å². The number of benzene rings is 1. The highest BCUT2D eigenvalue weighted by molar-refractivity contribution is 7.94. The highest BCUT2D eigenvalue weighted by atomic mass is 32.2. The van der Waals surface area contributed by atoms with Crippen LogP contribution in [0.4, 0.5) is 5.69 Å². The molecule has 0 aliphatic heterocycles. The summed E-state index contributed by atoms with van der Waals surface area (Å²) in [6.45, 7) is 0. The van der Waals surface area contributed by atoms with E-state index in [1.165, 1.54) is 31.4 Å². The Morgan fingerprint density at radius 2 is 2.16 bits per heavy atom. The fraction of sp³-hybridized carbons (Fsp3) is 0.0833. The molecule has 0 saturated carbocycles. The largest absolute Gasteiger partial charge is 0.495 e. The lowest BCUT2D eigenvalue weighted by Gasteiger charge is -2.10. The van der Waals surface area contributed by atoms with Crippen molar-refractivity contribution in [3.63, 3.8) is 0 Å². The van der Waals surface area contributed by atoms with Gasteiger partial charge in [0.2, 0.25) is 0 Å². The first-order valence-corrected chi connectivity index (χ1v) is 7.57. The van der Waals surface area contributed by atoms with Crippen LogP contribution in [0.15, 0.2) is 39.9 Å². The molecule has 7 heteroatoms. The van der Waals surface area contributed by atoms with E-state index in [1.807, 2.05) is 6.07 Å². The lowest BCUT2D eigenvalue weighted by molar-refractivity contribution is 0.416. The number of thiophene rings is 1. The predicted octanol–water partition coefficient (Wildman–Crippen LogP) is 2.43. The van der Waals surface area contributed by atoms with Gasteiger partial charge in [0, 0.05) is 6.07 Å². The minimum atomic E-state index is -3.62. The summed E-state index contributed by atoms with van der Waals surface area (Å²) in [4.78, 5) is 0. The molecule has 0 spiro atoms. The maximum atomic E-state index is 12.1. The van der Waals surface area contributed by atoms with E-state index in [9.17, 15) is 8.42 Å². The van der Waals surface area contributed by atoms with Crippen LogP contribution in [-0.4, -0.2) is 15.5 Å². The zero-order chi connectivity index (χ0) is 13.9. The normalized spacial score (nSPS) is 10.7. The van der Waals surface area contributed by atoms with E-state index in [1.54, 1.807) is 11.4 Å². The molecule has 0 aliphatic carbocycles. The Labute approximate surface area is 115 Å². The van der Waals surface area contributed by atoms with E-state index >= 15 is 0 Å². The molecule has 1 N–H and O–H groups in total. The molecule has 0 unspecified atom stereocenters. The number of anilines is 1. The average Bonchev–Trinajstić information content (AvgIpc) is 2.93. The van der Waals surface area contributed by atoms with E-state index in [0.717, 1.165) is 11.3 Å². The Hall–Kier alpha value is -2.04. The van der Waals surface area contributed by atoms with E-state index in [-0.39, 0.29) is 4.21 Å². The van der Waals surface area contributed by atoms with Crippen molar-refractivity contribution >= 4 is 27.0 Å². The van der Waals surface area contributed by atoms with E-state index in [0.29, 0.717) is 17.0 Å². The molecule has 0 radical (unpaired) electrons. The Morgan fingerprint density at radius 3 is 2.74 bits per heavy atom. The molecule has 1 aromatic carbocycles. The van der Waals surface area contributed by atoms with E-state index < -0.39 is 10.0 Å². The number of ether oxygens (including phenoxy) is 1. The highest BCUT2D eigenvalue weighted by Gasteiger charge is 2.17. The van der Waals surface area contributed by atoms with Gasteiger partial charge in [-0.15, -0.1) is 11.3 Å². The topological polar surface area (TPSA) is 79.2 Å². The number of nitrogens with zero attached hydrogens (tertiary/aromatic N) is 1. The third kappa shape index (κ3) is 2.86.